The van der Waals surface area contributed by atoms with E-state index < -0.39 is 0 Å². The molecule has 5 aromatic carbocycles. The number of nitrogens with two attached hydrogens (primary N) is 2. The third-order valence-electron chi connectivity index (χ3n) is 6.33. The van der Waals surface area contributed by atoms with Crippen LogP contribution < -0.4 is 11.5 Å². The van der Waals surface area contributed by atoms with E-state index in [2.05, 4.69) is 153 Å². The number of nitrogen functional groups attached to an aromatic ring is 2. The third-order valence-corrected chi connectivity index (χ3v) is 8.10. The summed E-state index contributed by atoms with van der Waals surface area (Å²) in [5, 5.41) is 0. The summed E-state index contributed by atoms with van der Waals surface area (Å²) in [6.45, 7) is 6.32. The van der Waals surface area contributed by atoms with Crippen molar-refractivity contribution in [3.8, 4) is 33.4 Å². The van der Waals surface area contributed by atoms with Gasteiger partial charge < -0.3 is 11.5 Å². The van der Waals surface area contributed by atoms with Crippen molar-refractivity contribution in [1.82, 2.24) is 0 Å². The predicted molar refractivity (Wildman–Crippen MR) is 175 cm³/mol. The van der Waals surface area contributed by atoms with Gasteiger partial charge in [-0.2, -0.15) is 0 Å². The highest BCUT2D eigenvalue weighted by molar-refractivity contribution is 9.11. The van der Waals surface area contributed by atoms with E-state index in [1.807, 2.05) is 12.1 Å². The molecule has 0 aliphatic heterocycles. The highest BCUT2D eigenvalue weighted by atomic mass is 79.9. The number of rotatable bonds is 3. The molecule has 0 aliphatic carbocycles. The Balaban J connectivity index is 0.000000283. The van der Waals surface area contributed by atoms with Gasteiger partial charge in [-0.15, -0.1) is 0 Å². The highest BCUT2D eigenvalue weighted by Crippen LogP contribution is 2.39. The van der Waals surface area contributed by atoms with Gasteiger partial charge >= 0.3 is 0 Å². The SMILES string of the molecule is Cc1ccc(-c2cc(-c3ccc(C)cc3)c(N)c(-c3ccc(C)cc3)c2)cc1.Nc1c(Br)cc(Br)cc1Br. The monoisotopic (exact) mass is 690 g/mol. The standard InChI is InChI=1S/C27H25N.C6H4Br3N/c1-18-4-10-21(11-5-18)24-16-25(22-12-6-19(2)7-13-22)27(28)26(17-24)23-14-8-20(3)9-15-23;7-3-1-4(8)6(10)5(9)2-3/h4-17H,28H2,1-3H3;1-2H,10H2. The Kier molecular flexibility index (Phi) is 9.14. The fourth-order valence-corrected chi connectivity index (χ4v) is 6.32. The lowest BCUT2D eigenvalue weighted by Gasteiger charge is -2.16. The van der Waals surface area contributed by atoms with E-state index >= 15 is 0 Å². The number of benzene rings is 5. The van der Waals surface area contributed by atoms with Crippen molar-refractivity contribution in [2.75, 3.05) is 11.5 Å². The largest absolute Gasteiger partial charge is 0.398 e. The predicted octanol–water partition coefficient (Wildman–Crippen LogP) is 10.8. The molecule has 0 amide bonds. The smallest absolute Gasteiger partial charge is 0.0603 e. The van der Waals surface area contributed by atoms with Crippen molar-refractivity contribution >= 4 is 59.2 Å². The van der Waals surface area contributed by atoms with Crippen LogP contribution in [-0.4, -0.2) is 0 Å². The van der Waals surface area contributed by atoms with Crippen LogP contribution in [0, 0.1) is 20.8 Å². The van der Waals surface area contributed by atoms with Gasteiger partial charge in [0, 0.05) is 30.2 Å². The molecule has 0 aliphatic rings. The molecule has 0 aromatic heterocycles. The Labute approximate surface area is 250 Å². The van der Waals surface area contributed by atoms with Gasteiger partial charge in [-0.05, 0) is 99.2 Å². The number of anilines is 2. The molecular formula is C33H29Br3N2. The highest BCUT2D eigenvalue weighted by Gasteiger charge is 2.13. The second-order valence-corrected chi connectivity index (χ2v) is 12.0. The van der Waals surface area contributed by atoms with Gasteiger partial charge in [0.25, 0.3) is 0 Å². The second kappa shape index (κ2) is 12.3. The zero-order valence-electron chi connectivity index (χ0n) is 21.5. The van der Waals surface area contributed by atoms with Gasteiger partial charge in [-0.3, -0.25) is 0 Å². The van der Waals surface area contributed by atoms with Crippen molar-refractivity contribution in [1.29, 1.82) is 0 Å². The molecule has 0 heterocycles. The van der Waals surface area contributed by atoms with E-state index in [0.29, 0.717) is 0 Å². The first-order chi connectivity index (χ1) is 18.1. The summed E-state index contributed by atoms with van der Waals surface area (Å²) < 4.78 is 2.79. The lowest BCUT2D eigenvalue weighted by molar-refractivity contribution is 1.45. The van der Waals surface area contributed by atoms with Gasteiger partial charge in [0.05, 0.1) is 5.69 Å². The number of hydrogen-bond acceptors (Lipinski definition) is 2. The van der Waals surface area contributed by atoms with Gasteiger partial charge in [-0.25, -0.2) is 0 Å². The minimum Gasteiger partial charge on any atom is -0.398 e. The molecule has 0 atom stereocenters. The number of hydrogen-bond donors (Lipinski definition) is 2. The van der Waals surface area contributed by atoms with Crippen LogP contribution in [0.15, 0.2) is 110 Å². The molecule has 0 unspecified atom stereocenters. The molecule has 0 saturated heterocycles. The van der Waals surface area contributed by atoms with Crippen LogP contribution >= 0.6 is 47.8 Å². The van der Waals surface area contributed by atoms with Crippen molar-refractivity contribution in [3.63, 3.8) is 0 Å². The van der Waals surface area contributed by atoms with Crippen molar-refractivity contribution in [3.05, 3.63) is 127 Å². The number of aryl methyl sites for hydroxylation is 3. The summed E-state index contributed by atoms with van der Waals surface area (Å²) in [5.41, 5.74) is 24.5. The van der Waals surface area contributed by atoms with Crippen LogP contribution in [-0.2, 0) is 0 Å². The van der Waals surface area contributed by atoms with Gasteiger partial charge in [0.15, 0.2) is 0 Å². The molecular weight excluding hydrogens is 664 g/mol. The van der Waals surface area contributed by atoms with Crippen molar-refractivity contribution < 1.29 is 0 Å². The van der Waals surface area contributed by atoms with Crippen LogP contribution in [0.4, 0.5) is 11.4 Å². The molecule has 0 saturated carbocycles. The lowest BCUT2D eigenvalue weighted by Crippen LogP contribution is -1.96. The van der Waals surface area contributed by atoms with Crippen LogP contribution in [0.25, 0.3) is 33.4 Å². The van der Waals surface area contributed by atoms with E-state index in [4.69, 9.17) is 11.5 Å². The lowest BCUT2D eigenvalue weighted by atomic mass is 9.90. The van der Waals surface area contributed by atoms with E-state index in [0.717, 1.165) is 47.0 Å². The van der Waals surface area contributed by atoms with E-state index in [-0.39, 0.29) is 0 Å². The molecule has 5 rings (SSSR count). The zero-order valence-corrected chi connectivity index (χ0v) is 26.3. The summed E-state index contributed by atoms with van der Waals surface area (Å²) in [7, 11) is 0. The van der Waals surface area contributed by atoms with Crippen LogP contribution in [0.3, 0.4) is 0 Å². The van der Waals surface area contributed by atoms with Crippen LogP contribution in [0.1, 0.15) is 16.7 Å². The van der Waals surface area contributed by atoms with Crippen LogP contribution in [0.5, 0.6) is 0 Å². The van der Waals surface area contributed by atoms with Gasteiger partial charge in [0.2, 0.25) is 0 Å². The molecule has 0 bridgehead atoms. The maximum Gasteiger partial charge on any atom is 0.0603 e. The zero-order chi connectivity index (χ0) is 27.4. The topological polar surface area (TPSA) is 52.0 Å². The maximum absolute atomic E-state index is 6.69. The molecule has 0 spiro atoms. The molecule has 5 aromatic rings. The minimum absolute atomic E-state index is 0.725. The quantitative estimate of drug-likeness (QED) is 0.185. The van der Waals surface area contributed by atoms with Gasteiger partial charge in [0.1, 0.15) is 0 Å². The molecule has 0 radical (unpaired) electrons. The Morgan fingerprint density at radius 2 is 0.763 bits per heavy atom. The summed E-state index contributed by atoms with van der Waals surface area (Å²) in [6.07, 6.45) is 0. The van der Waals surface area contributed by atoms with E-state index in [9.17, 15) is 0 Å². The van der Waals surface area contributed by atoms with Crippen molar-refractivity contribution in [2.45, 2.75) is 20.8 Å². The number of halogens is 3. The summed E-state index contributed by atoms with van der Waals surface area (Å²) >= 11 is 9.96. The average Bonchev–Trinajstić information content (AvgIpc) is 2.89. The first kappa shape index (κ1) is 28.2. The third kappa shape index (κ3) is 6.76. The average molecular weight is 693 g/mol. The molecule has 192 valence electrons. The molecule has 5 heteroatoms. The summed E-state index contributed by atoms with van der Waals surface area (Å²) in [6, 6.07) is 34.1. The van der Waals surface area contributed by atoms with E-state index in [1.54, 1.807) is 0 Å². The first-order valence-electron chi connectivity index (χ1n) is 12.2. The fraction of sp³-hybridized carbons (Fsp3) is 0.0909. The Morgan fingerprint density at radius 1 is 0.421 bits per heavy atom. The van der Waals surface area contributed by atoms with Gasteiger partial charge in [-0.1, -0.05) is 105 Å². The Hall–Kier alpha value is -2.86. The molecule has 2 nitrogen and oxygen atoms in total. The van der Waals surface area contributed by atoms with Crippen molar-refractivity contribution in [2.24, 2.45) is 0 Å². The summed E-state index contributed by atoms with van der Waals surface area (Å²) in [5.74, 6) is 0. The normalized spacial score (nSPS) is 10.6. The first-order valence-corrected chi connectivity index (χ1v) is 14.5. The molecule has 38 heavy (non-hydrogen) atoms. The minimum atomic E-state index is 0.725. The summed E-state index contributed by atoms with van der Waals surface area (Å²) in [4.78, 5) is 0. The molecule has 0 fully saturated rings. The fourth-order valence-electron chi connectivity index (χ4n) is 4.06. The Bertz CT molecular complexity index is 1470. The van der Waals surface area contributed by atoms with E-state index in [1.165, 1.54) is 27.8 Å². The Morgan fingerprint density at radius 3 is 1.13 bits per heavy atom. The maximum atomic E-state index is 6.69. The molecule has 4 N–H and O–H groups in total. The van der Waals surface area contributed by atoms with Crippen LogP contribution in [0.2, 0.25) is 0 Å². The second-order valence-electron chi connectivity index (χ2n) is 9.37.